The van der Waals surface area contributed by atoms with Gasteiger partial charge in [0.25, 0.3) is 0 Å². The first-order chi connectivity index (χ1) is 20.8. The fourth-order valence-electron chi connectivity index (χ4n) is 5.35. The quantitative estimate of drug-likeness (QED) is 0.185. The molecule has 3 aromatic carbocycles. The molecule has 3 amide bonds. The Hall–Kier alpha value is -3.65. The van der Waals surface area contributed by atoms with Gasteiger partial charge in [0.15, 0.2) is 0 Å². The Kier molecular flexibility index (Phi) is 7.85. The number of aromatic nitrogens is 1. The number of nitrogens with zero attached hydrogens (tertiary/aromatic N) is 2. The fraction of sp³-hybridized carbons (Fsp3) is 0.172. The number of imide groups is 1. The summed E-state index contributed by atoms with van der Waals surface area (Å²) in [5, 5.41) is 2.07. The molecule has 3 atom stereocenters. The van der Waals surface area contributed by atoms with Crippen LogP contribution in [0.3, 0.4) is 0 Å². The van der Waals surface area contributed by atoms with E-state index >= 15 is 0 Å². The molecule has 0 spiro atoms. The van der Waals surface area contributed by atoms with E-state index in [0.717, 1.165) is 58.0 Å². The molecule has 1 saturated heterocycles. The maximum Gasteiger partial charge on any atom is 0.418 e. The Balaban J connectivity index is 1.42. The highest BCUT2D eigenvalue weighted by atomic mass is 35.5. The molecule has 0 aliphatic carbocycles. The van der Waals surface area contributed by atoms with E-state index in [-0.39, 0.29) is 15.1 Å². The van der Waals surface area contributed by atoms with Crippen molar-refractivity contribution in [2.45, 2.75) is 28.9 Å². The molecule has 0 saturated carbocycles. The summed E-state index contributed by atoms with van der Waals surface area (Å²) in [6.07, 6.45) is -4.85. The summed E-state index contributed by atoms with van der Waals surface area (Å²) in [5.74, 6) is -5.15. The second-order valence-electron chi connectivity index (χ2n) is 9.92. The van der Waals surface area contributed by atoms with Crippen LogP contribution in [0.25, 0.3) is 0 Å². The van der Waals surface area contributed by atoms with Crippen molar-refractivity contribution in [3.05, 3.63) is 108 Å². The Morgan fingerprint density at radius 1 is 0.932 bits per heavy atom. The number of thioether (sulfide) groups is 1. The monoisotopic (exact) mass is 681 g/mol. The van der Waals surface area contributed by atoms with Crippen LogP contribution < -0.4 is 15.1 Å². The van der Waals surface area contributed by atoms with Gasteiger partial charge in [0.2, 0.25) is 17.7 Å². The van der Waals surface area contributed by atoms with Crippen molar-refractivity contribution in [1.29, 1.82) is 0 Å². The summed E-state index contributed by atoms with van der Waals surface area (Å²) in [7, 11) is 0. The van der Waals surface area contributed by atoms with E-state index in [2.05, 4.69) is 5.32 Å². The third-order valence-electron chi connectivity index (χ3n) is 7.23. The summed E-state index contributed by atoms with van der Waals surface area (Å²) >= 11 is 13.5. The van der Waals surface area contributed by atoms with E-state index in [1.54, 1.807) is 0 Å². The van der Waals surface area contributed by atoms with E-state index in [1.807, 2.05) is 0 Å². The number of hydrogen-bond acceptors (Lipinski definition) is 6. The van der Waals surface area contributed by atoms with E-state index < -0.39 is 69.5 Å². The predicted octanol–water partition coefficient (Wildman–Crippen LogP) is 6.81. The number of alkyl halides is 3. The molecule has 44 heavy (non-hydrogen) atoms. The largest absolute Gasteiger partial charge is 0.418 e. The number of carbonyl (C=O) groups excluding carboxylic acids is 3. The van der Waals surface area contributed by atoms with Crippen LogP contribution in [0, 0.1) is 11.7 Å². The zero-order valence-electron chi connectivity index (χ0n) is 21.9. The lowest BCUT2D eigenvalue weighted by molar-refractivity contribution is -0.137. The summed E-state index contributed by atoms with van der Waals surface area (Å²) < 4.78 is 56.8. The molecule has 0 radical (unpaired) electrons. The van der Waals surface area contributed by atoms with Gasteiger partial charge in [-0.2, -0.15) is 13.2 Å². The highest BCUT2D eigenvalue weighted by Crippen LogP contribution is 2.54. The van der Waals surface area contributed by atoms with Gasteiger partial charge in [-0.1, -0.05) is 70.6 Å². The molecular formula is C29H17Cl2F4N3O4S2. The zero-order valence-corrected chi connectivity index (χ0v) is 25.0. The van der Waals surface area contributed by atoms with Crippen LogP contribution >= 0.6 is 46.3 Å². The summed E-state index contributed by atoms with van der Waals surface area (Å²) in [6, 6.07) is 13.8. The van der Waals surface area contributed by atoms with Crippen molar-refractivity contribution < 1.29 is 31.9 Å². The molecule has 3 unspecified atom stereocenters. The number of rotatable bonds is 5. The third-order valence-corrected chi connectivity index (χ3v) is 10.6. The molecule has 0 bridgehead atoms. The van der Waals surface area contributed by atoms with Crippen LogP contribution in [0.5, 0.6) is 0 Å². The van der Waals surface area contributed by atoms with E-state index in [0.29, 0.717) is 21.0 Å². The summed E-state index contributed by atoms with van der Waals surface area (Å²) in [4.78, 5) is 54.2. The second-order valence-corrected chi connectivity index (χ2v) is 12.9. The smallest absolute Gasteiger partial charge is 0.324 e. The van der Waals surface area contributed by atoms with Crippen molar-refractivity contribution in [3.63, 3.8) is 0 Å². The predicted molar refractivity (Wildman–Crippen MR) is 159 cm³/mol. The number of amides is 3. The number of thiazole rings is 1. The Morgan fingerprint density at radius 2 is 1.64 bits per heavy atom. The minimum absolute atomic E-state index is 0.194. The molecule has 15 heteroatoms. The second kappa shape index (κ2) is 11.4. The van der Waals surface area contributed by atoms with Crippen LogP contribution in [0.1, 0.15) is 21.9 Å². The van der Waals surface area contributed by atoms with Crippen molar-refractivity contribution in [2.24, 2.45) is 5.92 Å². The lowest BCUT2D eigenvalue weighted by Crippen LogP contribution is -2.33. The first-order valence-corrected chi connectivity index (χ1v) is 15.2. The number of para-hydroxylation sites is 1. The SMILES string of the molecule is O=C(Cn1c2c(sc1=O)C(c1ccc(F)cc1)C1C(=O)N(c3ccccc3C(F)(F)F)C(=O)C1S2)Nc1ccc(Cl)c(Cl)c1. The van der Waals surface area contributed by atoms with Gasteiger partial charge in [0, 0.05) is 16.5 Å². The molecule has 2 aliphatic heterocycles. The molecule has 1 aromatic heterocycles. The van der Waals surface area contributed by atoms with E-state index in [1.165, 1.54) is 36.4 Å². The molecule has 226 valence electrons. The van der Waals surface area contributed by atoms with Crippen LogP contribution in [0.4, 0.5) is 28.9 Å². The van der Waals surface area contributed by atoms with Crippen molar-refractivity contribution >= 4 is 75.4 Å². The molecule has 3 heterocycles. The van der Waals surface area contributed by atoms with Crippen LogP contribution in [0.2, 0.25) is 10.0 Å². The number of halogens is 6. The average Bonchev–Trinajstić information content (AvgIpc) is 3.41. The van der Waals surface area contributed by atoms with Gasteiger partial charge in [0.1, 0.15) is 17.6 Å². The number of anilines is 2. The molecule has 7 nitrogen and oxygen atoms in total. The van der Waals surface area contributed by atoms with Crippen LogP contribution in [-0.2, 0) is 27.1 Å². The maximum absolute atomic E-state index is 13.9. The van der Waals surface area contributed by atoms with Gasteiger partial charge < -0.3 is 5.32 Å². The van der Waals surface area contributed by atoms with Crippen LogP contribution in [0.15, 0.2) is 76.6 Å². The zero-order chi connectivity index (χ0) is 31.5. The normalized spacial score (nSPS) is 19.6. The number of nitrogens with one attached hydrogen (secondary N) is 1. The van der Waals surface area contributed by atoms with Gasteiger partial charge >= 0.3 is 11.0 Å². The van der Waals surface area contributed by atoms with Gasteiger partial charge in [-0.15, -0.1) is 0 Å². The highest BCUT2D eigenvalue weighted by Gasteiger charge is 2.57. The topological polar surface area (TPSA) is 88.5 Å². The first kappa shape index (κ1) is 30.4. The third kappa shape index (κ3) is 5.31. The fourth-order valence-corrected chi connectivity index (χ4v) is 8.42. The number of carbonyl (C=O) groups is 3. The number of fused-ring (bicyclic) bond motifs is 2. The summed E-state index contributed by atoms with van der Waals surface area (Å²) in [5.41, 5.74) is -1.07. The lowest BCUT2D eigenvalue weighted by Gasteiger charge is -2.30. The first-order valence-electron chi connectivity index (χ1n) is 12.8. The lowest BCUT2D eigenvalue weighted by atomic mass is 9.83. The maximum atomic E-state index is 13.9. The molecule has 1 fully saturated rings. The van der Waals surface area contributed by atoms with Gasteiger partial charge in [-0.05, 0) is 48.0 Å². The molecule has 4 aromatic rings. The Labute approximate surface area is 264 Å². The van der Waals surface area contributed by atoms with Crippen LogP contribution in [-0.4, -0.2) is 27.5 Å². The molecule has 2 aliphatic rings. The van der Waals surface area contributed by atoms with Crippen molar-refractivity contribution in [1.82, 2.24) is 4.57 Å². The van der Waals surface area contributed by atoms with E-state index in [9.17, 15) is 36.7 Å². The summed E-state index contributed by atoms with van der Waals surface area (Å²) in [6.45, 7) is -0.478. The molecular weight excluding hydrogens is 665 g/mol. The molecule has 1 N–H and O–H groups in total. The minimum Gasteiger partial charge on any atom is -0.324 e. The van der Waals surface area contributed by atoms with E-state index in [4.69, 9.17) is 23.2 Å². The number of benzene rings is 3. The van der Waals surface area contributed by atoms with Gasteiger partial charge in [-0.25, -0.2) is 9.29 Å². The standard InChI is InChI=1S/C29H17Cl2F4N3O4S2/c30-17-10-9-15(11-18(17)31)36-20(39)12-37-27-24(44-28(37)42)21(13-5-7-14(32)8-6-13)22-23(43-27)26(41)38(25(22)40)19-4-2-1-3-16(19)29(33,34)35/h1-11,21-23H,12H2,(H,36,39). The van der Waals surface area contributed by atoms with Gasteiger partial charge in [-0.3, -0.25) is 23.7 Å². The van der Waals surface area contributed by atoms with Gasteiger partial charge in [0.05, 0.1) is 32.2 Å². The van der Waals surface area contributed by atoms with Crippen molar-refractivity contribution in [3.8, 4) is 0 Å². The Morgan fingerprint density at radius 3 is 2.32 bits per heavy atom. The van der Waals surface area contributed by atoms with Crippen molar-refractivity contribution in [2.75, 3.05) is 10.2 Å². The minimum atomic E-state index is -4.85. The highest BCUT2D eigenvalue weighted by molar-refractivity contribution is 8.00. The average molecular weight is 683 g/mol. The Bertz CT molecular complexity index is 1890. The molecule has 6 rings (SSSR count). The number of hydrogen-bond donors (Lipinski definition) is 1.